The Morgan fingerprint density at radius 3 is 1.73 bits per heavy atom. The molecule has 0 aliphatic carbocycles. The molecule has 0 bridgehead atoms. The Morgan fingerprint density at radius 1 is 0.659 bits per heavy atom. The quantitative estimate of drug-likeness (QED) is 0.0912. The number of hydrogen-bond donors (Lipinski definition) is 0. The van der Waals surface area contributed by atoms with Crippen molar-refractivity contribution in [2.24, 2.45) is 5.41 Å². The van der Waals surface area contributed by atoms with Crippen LogP contribution in [0, 0.1) is 5.41 Å². The van der Waals surface area contributed by atoms with E-state index in [1.165, 1.54) is 36.5 Å². The van der Waals surface area contributed by atoms with Gasteiger partial charge in [-0.1, -0.05) is 44.7 Å². The Kier molecular flexibility index (Phi) is 15.5. The normalized spacial score (nSPS) is 14.7. The third-order valence-corrected chi connectivity index (χ3v) is 10.9. The van der Waals surface area contributed by atoms with Crippen LogP contribution in [0.1, 0.15) is 79.1 Å². The lowest BCUT2D eigenvalue weighted by atomic mass is 9.84. The van der Waals surface area contributed by atoms with Crippen molar-refractivity contribution in [1.82, 2.24) is 0 Å². The van der Waals surface area contributed by atoms with Crippen LogP contribution in [0.15, 0.2) is 36.4 Å². The van der Waals surface area contributed by atoms with Gasteiger partial charge in [-0.05, 0) is 81.5 Å². The zero-order valence-electron chi connectivity index (χ0n) is 26.0. The van der Waals surface area contributed by atoms with Crippen LogP contribution in [0.4, 0.5) is 0 Å². The summed E-state index contributed by atoms with van der Waals surface area (Å²) >= 11 is 0. The summed E-state index contributed by atoms with van der Waals surface area (Å²) in [6.07, 6.45) is 9.06. The second kappa shape index (κ2) is 18.8. The summed E-state index contributed by atoms with van der Waals surface area (Å²) in [5, 5.41) is 2.35. The zero-order valence-corrected chi connectivity index (χ0v) is 27.0. The van der Waals surface area contributed by atoms with E-state index < -0.39 is 8.80 Å². The molecule has 1 saturated heterocycles. The van der Waals surface area contributed by atoms with Crippen LogP contribution >= 0.6 is 0 Å². The number of rotatable bonds is 24. The van der Waals surface area contributed by atoms with Crippen LogP contribution < -0.4 is 9.47 Å². The van der Waals surface area contributed by atoms with E-state index in [2.05, 4.69) is 43.3 Å². The molecule has 2 aromatic carbocycles. The van der Waals surface area contributed by atoms with E-state index in [1.54, 1.807) is 0 Å². The van der Waals surface area contributed by atoms with Crippen LogP contribution in [-0.2, 0) is 22.8 Å². The molecular formula is C33H54O7Si. The molecule has 7 nitrogen and oxygen atoms in total. The molecule has 0 aromatic heterocycles. The average Bonchev–Trinajstić information content (AvgIpc) is 2.95. The number of ether oxygens (including phenoxy) is 4. The van der Waals surface area contributed by atoms with Crippen molar-refractivity contribution in [2.45, 2.75) is 85.1 Å². The lowest BCUT2D eigenvalue weighted by Crippen LogP contribution is -2.46. The van der Waals surface area contributed by atoms with Gasteiger partial charge in [0.05, 0.1) is 31.8 Å². The number of fused-ring (bicyclic) bond motifs is 1. The average molecular weight is 591 g/mol. The zero-order chi connectivity index (χ0) is 29.2. The predicted octanol–water partition coefficient (Wildman–Crippen LogP) is 7.82. The maximum Gasteiger partial charge on any atom is 0.501 e. The van der Waals surface area contributed by atoms with E-state index in [1.807, 2.05) is 20.8 Å². The summed E-state index contributed by atoms with van der Waals surface area (Å²) in [5.41, 5.74) is 0.190. The fraction of sp³-hybridized carbons (Fsp3) is 0.697. The van der Waals surface area contributed by atoms with Crippen LogP contribution in [-0.4, -0.2) is 68.3 Å². The first kappa shape index (κ1) is 33.8. The monoisotopic (exact) mass is 590 g/mol. The van der Waals surface area contributed by atoms with E-state index in [9.17, 15) is 0 Å². The molecular weight excluding hydrogens is 536 g/mol. The fourth-order valence-electron chi connectivity index (χ4n) is 5.10. The van der Waals surface area contributed by atoms with Gasteiger partial charge in [0.25, 0.3) is 0 Å². The molecule has 41 heavy (non-hydrogen) atoms. The Balaban J connectivity index is 1.20. The molecule has 0 spiro atoms. The smallest absolute Gasteiger partial charge is 0.494 e. The Bertz CT molecular complexity index is 959. The molecule has 8 heteroatoms. The number of hydrogen-bond acceptors (Lipinski definition) is 7. The minimum atomic E-state index is -2.54. The first-order chi connectivity index (χ1) is 20.1. The van der Waals surface area contributed by atoms with Crippen molar-refractivity contribution < 1.29 is 32.2 Å². The summed E-state index contributed by atoms with van der Waals surface area (Å²) in [4.78, 5) is 0. The lowest BCUT2D eigenvalue weighted by molar-refractivity contribution is -0.133. The SMILES string of the molecule is CCO[Si](CCCOCCCCCCCCOc1ccc2cc(OCC3(CC)COC3)ccc2c1)(OCC)OCC. The van der Waals surface area contributed by atoms with E-state index in [0.717, 1.165) is 76.3 Å². The van der Waals surface area contributed by atoms with Gasteiger partial charge >= 0.3 is 8.80 Å². The summed E-state index contributed by atoms with van der Waals surface area (Å²) < 4.78 is 41.1. The van der Waals surface area contributed by atoms with Gasteiger partial charge in [-0.25, -0.2) is 0 Å². The van der Waals surface area contributed by atoms with Crippen molar-refractivity contribution in [2.75, 3.05) is 59.5 Å². The van der Waals surface area contributed by atoms with Crippen molar-refractivity contribution >= 4 is 19.6 Å². The Morgan fingerprint density at radius 2 is 1.20 bits per heavy atom. The van der Waals surface area contributed by atoms with Gasteiger partial charge in [0, 0.05) is 39.1 Å². The van der Waals surface area contributed by atoms with Crippen LogP contribution in [0.25, 0.3) is 10.8 Å². The summed E-state index contributed by atoms with van der Waals surface area (Å²) in [7, 11) is -2.54. The predicted molar refractivity (Wildman–Crippen MR) is 167 cm³/mol. The topological polar surface area (TPSA) is 64.6 Å². The summed E-state index contributed by atoms with van der Waals surface area (Å²) in [6, 6.07) is 13.4. The van der Waals surface area contributed by atoms with Crippen molar-refractivity contribution in [3.05, 3.63) is 36.4 Å². The molecule has 1 fully saturated rings. The highest BCUT2D eigenvalue weighted by Crippen LogP contribution is 2.33. The van der Waals surface area contributed by atoms with Crippen LogP contribution in [0.3, 0.4) is 0 Å². The third-order valence-electron chi connectivity index (χ3n) is 7.71. The van der Waals surface area contributed by atoms with E-state index in [0.29, 0.717) is 26.4 Å². The molecule has 1 aliphatic rings. The van der Waals surface area contributed by atoms with E-state index in [-0.39, 0.29) is 5.41 Å². The highest BCUT2D eigenvalue weighted by molar-refractivity contribution is 6.60. The highest BCUT2D eigenvalue weighted by atomic mass is 28.4. The highest BCUT2D eigenvalue weighted by Gasteiger charge is 2.39. The molecule has 2 aromatic rings. The maximum atomic E-state index is 6.10. The second-order valence-electron chi connectivity index (χ2n) is 11.0. The lowest BCUT2D eigenvalue weighted by Gasteiger charge is -2.40. The van der Waals surface area contributed by atoms with Gasteiger partial charge in [-0.3, -0.25) is 0 Å². The molecule has 0 unspecified atom stereocenters. The van der Waals surface area contributed by atoms with Crippen molar-refractivity contribution in [3.8, 4) is 11.5 Å². The summed E-state index contributed by atoms with van der Waals surface area (Å²) in [5.74, 6) is 1.85. The van der Waals surface area contributed by atoms with E-state index >= 15 is 0 Å². The molecule has 0 N–H and O–H groups in total. The van der Waals surface area contributed by atoms with Gasteiger partial charge in [0.15, 0.2) is 0 Å². The number of benzene rings is 2. The Hall–Kier alpha value is -1.68. The standard InChI is InChI=1S/C33H54O7Si/c1-5-33(26-35-27-33)28-37-32-19-17-29-24-31(18-16-30(29)25-32)36-22-14-12-10-9-11-13-20-34-21-15-23-41(38-6-2,39-7-3)40-8-4/h16-19,24-25H,5-15,20-23,26-28H2,1-4H3. The summed E-state index contributed by atoms with van der Waals surface area (Å²) in [6.45, 7) is 14.7. The van der Waals surface area contributed by atoms with Gasteiger partial charge in [-0.15, -0.1) is 0 Å². The van der Waals surface area contributed by atoms with E-state index in [4.69, 9.17) is 32.2 Å². The molecule has 3 rings (SSSR count). The molecule has 0 amide bonds. The molecule has 1 heterocycles. The van der Waals surface area contributed by atoms with Crippen molar-refractivity contribution in [1.29, 1.82) is 0 Å². The number of unbranched alkanes of at least 4 members (excludes halogenated alkanes) is 5. The van der Waals surface area contributed by atoms with Crippen LogP contribution in [0.2, 0.25) is 6.04 Å². The molecule has 232 valence electrons. The van der Waals surface area contributed by atoms with Gasteiger partial charge < -0.3 is 32.2 Å². The van der Waals surface area contributed by atoms with Gasteiger partial charge in [-0.2, -0.15) is 0 Å². The molecule has 1 aliphatic heterocycles. The minimum Gasteiger partial charge on any atom is -0.494 e. The van der Waals surface area contributed by atoms with Gasteiger partial charge in [0.2, 0.25) is 0 Å². The van der Waals surface area contributed by atoms with Crippen molar-refractivity contribution in [3.63, 3.8) is 0 Å². The first-order valence-corrected chi connectivity index (χ1v) is 17.9. The minimum absolute atomic E-state index is 0.190. The second-order valence-corrected chi connectivity index (χ2v) is 13.7. The van der Waals surface area contributed by atoms with Crippen LogP contribution in [0.5, 0.6) is 11.5 Å². The molecule has 0 radical (unpaired) electrons. The largest absolute Gasteiger partial charge is 0.501 e. The fourth-order valence-corrected chi connectivity index (χ4v) is 7.68. The molecule has 0 atom stereocenters. The first-order valence-electron chi connectivity index (χ1n) is 15.9. The molecule has 0 saturated carbocycles. The maximum absolute atomic E-state index is 6.10. The Labute approximate surface area is 249 Å². The van der Waals surface area contributed by atoms with Gasteiger partial charge in [0.1, 0.15) is 11.5 Å². The third kappa shape index (κ3) is 11.5.